The molecule has 0 fully saturated rings. The molecule has 12 heteroatoms. The lowest BCUT2D eigenvalue weighted by Gasteiger charge is -2.32. The Morgan fingerprint density at radius 2 is 1.64 bits per heavy atom. The van der Waals surface area contributed by atoms with Crippen molar-refractivity contribution in [1.29, 1.82) is 0 Å². The van der Waals surface area contributed by atoms with Gasteiger partial charge in [-0.05, 0) is 63.1 Å². The zero-order chi connectivity index (χ0) is 31.2. The van der Waals surface area contributed by atoms with Gasteiger partial charge in [-0.25, -0.2) is 8.42 Å². The molecule has 0 aliphatic rings. The van der Waals surface area contributed by atoms with E-state index in [0.29, 0.717) is 22.4 Å². The molecule has 7 nitrogen and oxygen atoms in total. The molecular formula is C30H33ClF3N3O4S. The number of nitrogens with zero attached hydrogens (tertiary/aromatic N) is 2. The molecule has 0 saturated heterocycles. The fraction of sp³-hybridized carbons (Fsp3) is 0.333. The number of carbonyl (C=O) groups excluding carboxylic acids is 2. The number of aryl methyl sites for hydroxylation is 1. The van der Waals surface area contributed by atoms with Crippen molar-refractivity contribution in [2.45, 2.75) is 63.8 Å². The molecule has 3 aromatic carbocycles. The van der Waals surface area contributed by atoms with Gasteiger partial charge in [0.2, 0.25) is 11.8 Å². The van der Waals surface area contributed by atoms with Crippen LogP contribution < -0.4 is 9.62 Å². The number of halogens is 4. The van der Waals surface area contributed by atoms with Gasteiger partial charge in [0, 0.05) is 12.6 Å². The van der Waals surface area contributed by atoms with Gasteiger partial charge in [0.1, 0.15) is 12.6 Å². The normalized spacial score (nSPS) is 13.2. The maximum absolute atomic E-state index is 13.9. The van der Waals surface area contributed by atoms with E-state index in [2.05, 4.69) is 5.32 Å². The van der Waals surface area contributed by atoms with Crippen molar-refractivity contribution in [1.82, 2.24) is 10.2 Å². The molecule has 3 aromatic rings. The molecule has 1 N–H and O–H groups in total. The Morgan fingerprint density at radius 3 is 2.24 bits per heavy atom. The number of anilines is 1. The fourth-order valence-corrected chi connectivity index (χ4v) is 5.84. The SMILES string of the molecule is CC[C@@H](C)NC(=O)[C@H](C)N(Cc1cccc(C)c1)C(=O)CN(c1ccc(Cl)c(C(F)(F)F)c1)S(=O)(=O)c1ccccc1. The molecule has 0 aromatic heterocycles. The van der Waals surface area contributed by atoms with E-state index in [9.17, 15) is 31.2 Å². The average Bonchev–Trinajstić information content (AvgIpc) is 2.94. The largest absolute Gasteiger partial charge is 0.417 e. The Morgan fingerprint density at radius 1 is 0.976 bits per heavy atom. The van der Waals surface area contributed by atoms with Crippen LogP contribution in [-0.2, 0) is 32.3 Å². The molecule has 0 spiro atoms. The molecule has 0 heterocycles. The molecule has 0 aliphatic carbocycles. The molecule has 0 aliphatic heterocycles. The van der Waals surface area contributed by atoms with Crippen molar-refractivity contribution in [2.24, 2.45) is 0 Å². The van der Waals surface area contributed by atoms with Crippen LogP contribution in [0.25, 0.3) is 0 Å². The lowest BCUT2D eigenvalue weighted by atomic mass is 10.1. The van der Waals surface area contributed by atoms with E-state index in [0.717, 1.165) is 17.7 Å². The van der Waals surface area contributed by atoms with Crippen LogP contribution in [-0.4, -0.2) is 43.8 Å². The minimum atomic E-state index is -4.88. The monoisotopic (exact) mass is 623 g/mol. The van der Waals surface area contributed by atoms with Crippen LogP contribution >= 0.6 is 11.6 Å². The fourth-order valence-electron chi connectivity index (χ4n) is 4.19. The first kappa shape index (κ1) is 32.9. The molecular weight excluding hydrogens is 591 g/mol. The number of carbonyl (C=O) groups is 2. The van der Waals surface area contributed by atoms with Gasteiger partial charge in [-0.15, -0.1) is 0 Å². The van der Waals surface area contributed by atoms with Crippen molar-refractivity contribution in [3.63, 3.8) is 0 Å². The molecule has 2 atom stereocenters. The highest BCUT2D eigenvalue weighted by atomic mass is 35.5. The van der Waals surface area contributed by atoms with E-state index in [4.69, 9.17) is 11.6 Å². The third-order valence-electron chi connectivity index (χ3n) is 6.76. The minimum Gasteiger partial charge on any atom is -0.352 e. The number of alkyl halides is 3. The average molecular weight is 624 g/mol. The van der Waals surface area contributed by atoms with Crippen molar-refractivity contribution < 1.29 is 31.2 Å². The van der Waals surface area contributed by atoms with Crippen LogP contribution in [0.4, 0.5) is 18.9 Å². The predicted molar refractivity (Wildman–Crippen MR) is 157 cm³/mol. The first-order chi connectivity index (χ1) is 19.6. The zero-order valence-electron chi connectivity index (χ0n) is 23.7. The maximum atomic E-state index is 13.9. The molecule has 0 unspecified atom stereocenters. The third-order valence-corrected chi connectivity index (χ3v) is 8.87. The van der Waals surface area contributed by atoms with E-state index in [1.807, 2.05) is 32.9 Å². The van der Waals surface area contributed by atoms with Crippen LogP contribution in [0, 0.1) is 6.92 Å². The highest BCUT2D eigenvalue weighted by Crippen LogP contribution is 2.38. The van der Waals surface area contributed by atoms with Crippen LogP contribution in [0.2, 0.25) is 5.02 Å². The van der Waals surface area contributed by atoms with Gasteiger partial charge >= 0.3 is 6.18 Å². The second-order valence-electron chi connectivity index (χ2n) is 9.99. The summed E-state index contributed by atoms with van der Waals surface area (Å²) in [6.07, 6.45) is -4.23. The van der Waals surface area contributed by atoms with E-state index in [-0.39, 0.29) is 17.5 Å². The summed E-state index contributed by atoms with van der Waals surface area (Å²) >= 11 is 5.80. The Kier molecular flexibility index (Phi) is 10.7. The minimum absolute atomic E-state index is 0.0384. The standard InChI is InChI=1S/C30H33ClF3N3O4S/c1-5-21(3)35-29(39)22(4)36(18-23-11-9-10-20(2)16-23)28(38)19-37(42(40,41)25-12-7-6-8-13-25)24-14-15-27(31)26(17-24)30(32,33)34/h6-17,21-22H,5,18-19H2,1-4H3,(H,35,39)/t21-,22+/m1/s1. The first-order valence-electron chi connectivity index (χ1n) is 13.2. The Bertz CT molecular complexity index is 1520. The summed E-state index contributed by atoms with van der Waals surface area (Å²) in [6, 6.07) is 15.7. The third kappa shape index (κ3) is 8.04. The molecule has 42 heavy (non-hydrogen) atoms. The molecule has 0 radical (unpaired) electrons. The topological polar surface area (TPSA) is 86.8 Å². The Balaban J connectivity index is 2.11. The van der Waals surface area contributed by atoms with Gasteiger partial charge in [0.25, 0.3) is 10.0 Å². The van der Waals surface area contributed by atoms with Gasteiger partial charge in [0.15, 0.2) is 0 Å². The highest BCUT2D eigenvalue weighted by Gasteiger charge is 2.37. The summed E-state index contributed by atoms with van der Waals surface area (Å²) in [6.45, 7) is 6.17. The van der Waals surface area contributed by atoms with Crippen LogP contribution in [0.3, 0.4) is 0 Å². The summed E-state index contributed by atoms with van der Waals surface area (Å²) in [5.41, 5.74) is -0.0583. The Labute approximate surface area is 249 Å². The predicted octanol–water partition coefficient (Wildman–Crippen LogP) is 6.19. The van der Waals surface area contributed by atoms with E-state index < -0.39 is 56.9 Å². The molecule has 0 bridgehead atoms. The number of benzene rings is 3. The smallest absolute Gasteiger partial charge is 0.352 e. The number of hydrogen-bond donors (Lipinski definition) is 1. The zero-order valence-corrected chi connectivity index (χ0v) is 25.2. The summed E-state index contributed by atoms with van der Waals surface area (Å²) < 4.78 is 69.4. The summed E-state index contributed by atoms with van der Waals surface area (Å²) in [5.74, 6) is -1.24. The van der Waals surface area contributed by atoms with Crippen molar-refractivity contribution in [3.05, 3.63) is 94.5 Å². The van der Waals surface area contributed by atoms with Gasteiger partial charge in [-0.2, -0.15) is 13.2 Å². The van der Waals surface area contributed by atoms with E-state index >= 15 is 0 Å². The second-order valence-corrected chi connectivity index (χ2v) is 12.3. The van der Waals surface area contributed by atoms with E-state index in [1.165, 1.54) is 36.1 Å². The van der Waals surface area contributed by atoms with Gasteiger partial charge in [-0.1, -0.05) is 66.6 Å². The molecule has 2 amide bonds. The lowest BCUT2D eigenvalue weighted by Crippen LogP contribution is -2.52. The van der Waals surface area contributed by atoms with Crippen LogP contribution in [0.5, 0.6) is 0 Å². The summed E-state index contributed by atoms with van der Waals surface area (Å²) in [7, 11) is -4.53. The van der Waals surface area contributed by atoms with Gasteiger partial charge in [0.05, 0.1) is 21.2 Å². The number of sulfonamides is 1. The highest BCUT2D eigenvalue weighted by molar-refractivity contribution is 7.92. The molecule has 0 saturated carbocycles. The number of rotatable bonds is 11. The van der Waals surface area contributed by atoms with Crippen molar-refractivity contribution >= 4 is 39.1 Å². The Hall–Kier alpha value is -3.57. The molecule has 226 valence electrons. The maximum Gasteiger partial charge on any atom is 0.417 e. The number of amides is 2. The van der Waals surface area contributed by atoms with Crippen LogP contribution in [0.1, 0.15) is 43.9 Å². The quantitative estimate of drug-likeness (QED) is 0.276. The number of nitrogens with one attached hydrogen (secondary N) is 1. The lowest BCUT2D eigenvalue weighted by molar-refractivity contribution is -0.139. The van der Waals surface area contributed by atoms with E-state index in [1.54, 1.807) is 18.2 Å². The van der Waals surface area contributed by atoms with Crippen LogP contribution in [0.15, 0.2) is 77.7 Å². The van der Waals surface area contributed by atoms with Gasteiger partial charge in [-0.3, -0.25) is 13.9 Å². The second kappa shape index (κ2) is 13.6. The molecule has 3 rings (SSSR count). The number of hydrogen-bond acceptors (Lipinski definition) is 4. The first-order valence-corrected chi connectivity index (χ1v) is 15.1. The van der Waals surface area contributed by atoms with Gasteiger partial charge < -0.3 is 10.2 Å². The van der Waals surface area contributed by atoms with Crippen molar-refractivity contribution in [3.8, 4) is 0 Å². The summed E-state index contributed by atoms with van der Waals surface area (Å²) in [4.78, 5) is 28.0. The van der Waals surface area contributed by atoms with Crippen molar-refractivity contribution in [2.75, 3.05) is 10.8 Å². The summed E-state index contributed by atoms with van der Waals surface area (Å²) in [5, 5.41) is 2.21.